The maximum absolute atomic E-state index is 12.2. The van der Waals surface area contributed by atoms with Gasteiger partial charge in [-0.15, -0.1) is 0 Å². The van der Waals surface area contributed by atoms with Gasteiger partial charge in [-0.2, -0.15) is 0 Å². The van der Waals surface area contributed by atoms with E-state index < -0.39 is 7.12 Å². The highest BCUT2D eigenvalue weighted by Crippen LogP contribution is 2.36. The molecule has 114 valence electrons. The Bertz CT molecular complexity index is 551. The lowest BCUT2D eigenvalue weighted by molar-refractivity contribution is 0.00578. The van der Waals surface area contributed by atoms with Crippen LogP contribution >= 0.6 is 0 Å². The largest absolute Gasteiger partial charge is 0.495 e. The summed E-state index contributed by atoms with van der Waals surface area (Å²) in [6.45, 7) is 10.0. The van der Waals surface area contributed by atoms with Gasteiger partial charge < -0.3 is 14.2 Å². The summed E-state index contributed by atoms with van der Waals surface area (Å²) in [5.41, 5.74) is 1.75. The molecule has 0 spiro atoms. The number of amides is 1. The van der Waals surface area contributed by atoms with Crippen molar-refractivity contribution in [3.63, 3.8) is 0 Å². The van der Waals surface area contributed by atoms with Crippen molar-refractivity contribution in [1.82, 2.24) is 4.90 Å². The van der Waals surface area contributed by atoms with Crippen molar-refractivity contribution < 1.29 is 14.1 Å². The molecule has 0 radical (unpaired) electrons. The maximum Gasteiger partial charge on any atom is 0.495 e. The van der Waals surface area contributed by atoms with Crippen LogP contribution in [0.3, 0.4) is 0 Å². The van der Waals surface area contributed by atoms with Gasteiger partial charge in [0, 0.05) is 19.7 Å². The van der Waals surface area contributed by atoms with Crippen molar-refractivity contribution in [2.75, 3.05) is 14.1 Å². The molecule has 0 N–H and O–H groups in total. The molecule has 0 aliphatic carbocycles. The molecule has 0 saturated carbocycles. The topological polar surface area (TPSA) is 38.8 Å². The first-order chi connectivity index (χ1) is 9.57. The van der Waals surface area contributed by atoms with E-state index in [0.29, 0.717) is 5.56 Å². The van der Waals surface area contributed by atoms with Crippen LogP contribution in [0.5, 0.6) is 0 Å². The third kappa shape index (κ3) is 2.72. The molecular formula is C16H24BNO3. The van der Waals surface area contributed by atoms with E-state index in [9.17, 15) is 4.79 Å². The molecule has 1 fully saturated rings. The highest BCUT2D eigenvalue weighted by atomic mass is 16.7. The molecule has 1 aliphatic heterocycles. The Kier molecular flexibility index (Phi) is 3.93. The summed E-state index contributed by atoms with van der Waals surface area (Å²) < 4.78 is 12.2. The number of nitrogens with zero attached hydrogens (tertiary/aromatic N) is 1. The summed E-state index contributed by atoms with van der Waals surface area (Å²) >= 11 is 0. The molecule has 1 heterocycles. The molecule has 1 aromatic rings. The van der Waals surface area contributed by atoms with Gasteiger partial charge in [-0.1, -0.05) is 12.1 Å². The van der Waals surface area contributed by atoms with Crippen molar-refractivity contribution >= 4 is 18.5 Å². The Morgan fingerprint density at radius 1 is 1.10 bits per heavy atom. The highest BCUT2D eigenvalue weighted by molar-refractivity contribution is 6.62. The van der Waals surface area contributed by atoms with E-state index in [4.69, 9.17) is 9.31 Å². The summed E-state index contributed by atoms with van der Waals surface area (Å²) in [6, 6.07) is 5.68. The van der Waals surface area contributed by atoms with Crippen LogP contribution in [0.2, 0.25) is 0 Å². The molecule has 5 heteroatoms. The molecule has 1 amide bonds. The molecule has 0 unspecified atom stereocenters. The quantitative estimate of drug-likeness (QED) is 0.782. The van der Waals surface area contributed by atoms with Gasteiger partial charge in [0.05, 0.1) is 11.2 Å². The number of hydrogen-bond donors (Lipinski definition) is 0. The van der Waals surface area contributed by atoms with Gasteiger partial charge in [0.1, 0.15) is 0 Å². The summed E-state index contributed by atoms with van der Waals surface area (Å²) in [6.07, 6.45) is 0. The third-order valence-corrected chi connectivity index (χ3v) is 4.52. The average Bonchev–Trinajstić information content (AvgIpc) is 2.57. The number of carbonyl (C=O) groups is 1. The lowest BCUT2D eigenvalue weighted by atomic mass is 9.75. The van der Waals surface area contributed by atoms with E-state index >= 15 is 0 Å². The van der Waals surface area contributed by atoms with Crippen LogP contribution in [0.1, 0.15) is 43.6 Å². The average molecular weight is 289 g/mol. The second-order valence-electron chi connectivity index (χ2n) is 6.81. The zero-order valence-corrected chi connectivity index (χ0v) is 14.0. The zero-order valence-electron chi connectivity index (χ0n) is 14.0. The second-order valence-corrected chi connectivity index (χ2v) is 6.81. The van der Waals surface area contributed by atoms with Crippen LogP contribution < -0.4 is 5.46 Å². The molecule has 4 nitrogen and oxygen atoms in total. The summed E-state index contributed by atoms with van der Waals surface area (Å²) in [5, 5.41) is 0. The number of benzene rings is 1. The van der Waals surface area contributed by atoms with Crippen LogP contribution in [0.4, 0.5) is 0 Å². The molecule has 0 atom stereocenters. The minimum absolute atomic E-state index is 0.00846. The molecule has 0 aromatic heterocycles. The maximum atomic E-state index is 12.2. The van der Waals surface area contributed by atoms with Crippen LogP contribution in [0.15, 0.2) is 18.2 Å². The molecule has 0 bridgehead atoms. The third-order valence-electron chi connectivity index (χ3n) is 4.52. The van der Waals surface area contributed by atoms with E-state index in [2.05, 4.69) is 0 Å². The van der Waals surface area contributed by atoms with E-state index in [1.807, 2.05) is 52.8 Å². The fraction of sp³-hybridized carbons (Fsp3) is 0.562. The van der Waals surface area contributed by atoms with E-state index in [1.54, 1.807) is 19.0 Å². The first-order valence-corrected chi connectivity index (χ1v) is 7.23. The Balaban J connectivity index is 2.39. The predicted octanol–water partition coefficient (Wildman–Crippen LogP) is 2.00. The molecular weight excluding hydrogens is 265 g/mol. The normalized spacial score (nSPS) is 19.7. The van der Waals surface area contributed by atoms with Crippen LogP contribution in [-0.2, 0) is 9.31 Å². The van der Waals surface area contributed by atoms with Gasteiger partial charge >= 0.3 is 7.12 Å². The van der Waals surface area contributed by atoms with Crippen molar-refractivity contribution in [3.05, 3.63) is 29.3 Å². The van der Waals surface area contributed by atoms with Crippen molar-refractivity contribution in [1.29, 1.82) is 0 Å². The van der Waals surface area contributed by atoms with E-state index in [-0.39, 0.29) is 17.1 Å². The van der Waals surface area contributed by atoms with E-state index in [1.165, 1.54) is 0 Å². The minimum atomic E-state index is -0.440. The van der Waals surface area contributed by atoms with Gasteiger partial charge in [0.25, 0.3) is 5.91 Å². The summed E-state index contributed by atoms with van der Waals surface area (Å²) in [4.78, 5) is 13.8. The Labute approximate surface area is 127 Å². The molecule has 1 saturated heterocycles. The highest BCUT2D eigenvalue weighted by Gasteiger charge is 2.52. The van der Waals surface area contributed by atoms with Crippen LogP contribution in [0, 0.1) is 6.92 Å². The SMILES string of the molecule is Cc1c(B2OC(C)(C)C(C)(C)O2)cccc1C(=O)N(C)C. The lowest BCUT2D eigenvalue weighted by Gasteiger charge is -2.32. The van der Waals surface area contributed by atoms with Gasteiger partial charge in [0.15, 0.2) is 0 Å². The monoisotopic (exact) mass is 289 g/mol. The van der Waals surface area contributed by atoms with Gasteiger partial charge in [0.2, 0.25) is 0 Å². The Morgan fingerprint density at radius 2 is 1.62 bits per heavy atom. The number of hydrogen-bond acceptors (Lipinski definition) is 3. The second kappa shape index (κ2) is 5.14. The van der Waals surface area contributed by atoms with Gasteiger partial charge in [-0.05, 0) is 51.7 Å². The van der Waals surface area contributed by atoms with Crippen molar-refractivity contribution in [2.24, 2.45) is 0 Å². The van der Waals surface area contributed by atoms with Crippen molar-refractivity contribution in [2.45, 2.75) is 45.8 Å². The molecule has 21 heavy (non-hydrogen) atoms. The van der Waals surface area contributed by atoms with Crippen molar-refractivity contribution in [3.8, 4) is 0 Å². The molecule has 2 rings (SSSR count). The summed E-state index contributed by atoms with van der Waals surface area (Å²) in [7, 11) is 3.07. The van der Waals surface area contributed by atoms with E-state index in [0.717, 1.165) is 11.0 Å². The first kappa shape index (κ1) is 16.1. The lowest BCUT2D eigenvalue weighted by Crippen LogP contribution is -2.41. The molecule has 1 aliphatic rings. The molecule has 1 aromatic carbocycles. The fourth-order valence-electron chi connectivity index (χ4n) is 2.35. The number of carbonyl (C=O) groups excluding carboxylic acids is 1. The smallest absolute Gasteiger partial charge is 0.399 e. The van der Waals surface area contributed by atoms with Gasteiger partial charge in [-0.25, -0.2) is 0 Å². The fourth-order valence-corrected chi connectivity index (χ4v) is 2.35. The minimum Gasteiger partial charge on any atom is -0.399 e. The Hall–Kier alpha value is -1.33. The summed E-state index contributed by atoms with van der Waals surface area (Å²) in [5.74, 6) is -0.00846. The van der Waals surface area contributed by atoms with Crippen LogP contribution in [0.25, 0.3) is 0 Å². The van der Waals surface area contributed by atoms with Crippen LogP contribution in [-0.4, -0.2) is 43.2 Å². The standard InChI is InChI=1S/C16H24BNO3/c1-11-12(14(19)18(6)7)9-8-10-13(11)17-20-15(2,3)16(4,5)21-17/h8-10H,1-7H3. The Morgan fingerprint density at radius 3 is 2.10 bits per heavy atom. The first-order valence-electron chi connectivity index (χ1n) is 7.23. The van der Waals surface area contributed by atoms with Gasteiger partial charge in [-0.3, -0.25) is 4.79 Å². The zero-order chi connectivity index (χ0) is 16.0. The number of rotatable bonds is 2. The predicted molar refractivity (Wildman–Crippen MR) is 84.9 cm³/mol.